The number of fused-ring (bicyclic) bond motifs is 1. The minimum absolute atomic E-state index is 0.0103. The Morgan fingerprint density at radius 3 is 2.56 bits per heavy atom. The number of likely N-dealkylation sites (N-methyl/N-ethyl adjacent to an activating group) is 1. The Kier molecular flexibility index (Phi) is 5.64. The molecular formula is C29H32N6O. The van der Waals surface area contributed by atoms with E-state index < -0.39 is 0 Å². The molecular weight excluding hydrogens is 448 g/mol. The number of nitrogens with one attached hydrogen (secondary N) is 2. The van der Waals surface area contributed by atoms with Crippen LogP contribution in [0.25, 0.3) is 22.2 Å². The van der Waals surface area contributed by atoms with Crippen molar-refractivity contribution in [1.29, 1.82) is 0 Å². The Hall–Kier alpha value is -3.84. The summed E-state index contributed by atoms with van der Waals surface area (Å²) in [5, 5.41) is 12.0. The largest absolute Gasteiger partial charge is 0.399 e. The van der Waals surface area contributed by atoms with E-state index in [1.807, 2.05) is 25.1 Å². The minimum atomic E-state index is -0.0103. The molecule has 4 N–H and O–H groups in total. The first-order valence-electron chi connectivity index (χ1n) is 12.7. The van der Waals surface area contributed by atoms with Gasteiger partial charge >= 0.3 is 0 Å². The summed E-state index contributed by atoms with van der Waals surface area (Å²) in [6, 6.07) is 20.7. The molecule has 1 aliphatic carbocycles. The first-order valence-corrected chi connectivity index (χ1v) is 12.7. The molecule has 4 aromatic rings. The highest BCUT2D eigenvalue weighted by Gasteiger charge is 2.44. The zero-order chi connectivity index (χ0) is 24.8. The van der Waals surface area contributed by atoms with E-state index >= 15 is 0 Å². The smallest absolute Gasteiger partial charge is 0.228 e. The van der Waals surface area contributed by atoms with Gasteiger partial charge in [-0.15, -0.1) is 0 Å². The second kappa shape index (κ2) is 8.99. The van der Waals surface area contributed by atoms with Crippen LogP contribution in [0.5, 0.6) is 0 Å². The topological polar surface area (TPSA) is 90.3 Å². The highest BCUT2D eigenvalue weighted by Crippen LogP contribution is 2.48. The van der Waals surface area contributed by atoms with E-state index in [4.69, 9.17) is 5.73 Å². The number of H-pyrrole nitrogens is 1. The highest BCUT2D eigenvalue weighted by atomic mass is 16.2. The molecule has 0 radical (unpaired) electrons. The van der Waals surface area contributed by atoms with Crippen LogP contribution >= 0.6 is 0 Å². The third-order valence-electron chi connectivity index (χ3n) is 7.66. The number of hydrogen-bond acceptors (Lipinski definition) is 5. The third-order valence-corrected chi connectivity index (χ3v) is 7.66. The first-order chi connectivity index (χ1) is 17.5. The van der Waals surface area contributed by atoms with Crippen LogP contribution in [0.15, 0.2) is 60.7 Å². The average molecular weight is 481 g/mol. The number of nitrogens with two attached hydrogens (primary N) is 1. The SMILES string of the molecule is Cc1cc(N)ccc1NC(=O)[C@@H]1C[C@H]1c1ccc2c(-c3ccc(N4CCN(C)CC4)cc3)n[nH]c2c1. The standard InChI is InChI=1S/C29H32N6O/c1-18-15-21(30)6-10-26(18)31-29(36)25-17-24(25)20-5-9-23-27(16-20)32-33-28(23)19-3-7-22(8-4-19)35-13-11-34(2)12-14-35/h3-10,15-16,24-25H,11-14,17,30H2,1-2H3,(H,31,36)(H,32,33)/t24-,25+/m0/s1. The van der Waals surface area contributed by atoms with Gasteiger partial charge in [0.25, 0.3) is 0 Å². The fourth-order valence-electron chi connectivity index (χ4n) is 5.29. The van der Waals surface area contributed by atoms with E-state index in [9.17, 15) is 4.79 Å². The van der Waals surface area contributed by atoms with E-state index in [1.54, 1.807) is 0 Å². The lowest BCUT2D eigenvalue weighted by molar-refractivity contribution is -0.117. The van der Waals surface area contributed by atoms with Gasteiger partial charge in [0.1, 0.15) is 0 Å². The van der Waals surface area contributed by atoms with Crippen molar-refractivity contribution in [3.63, 3.8) is 0 Å². The number of carbonyl (C=O) groups is 1. The van der Waals surface area contributed by atoms with Crippen molar-refractivity contribution in [2.75, 3.05) is 49.2 Å². The highest BCUT2D eigenvalue weighted by molar-refractivity contribution is 5.97. The summed E-state index contributed by atoms with van der Waals surface area (Å²) in [6.07, 6.45) is 0.861. The molecule has 36 heavy (non-hydrogen) atoms. The number of nitrogens with zero attached hydrogens (tertiary/aromatic N) is 3. The van der Waals surface area contributed by atoms with Crippen LogP contribution in [0.1, 0.15) is 23.5 Å². The molecule has 7 heteroatoms. The van der Waals surface area contributed by atoms with Gasteiger partial charge < -0.3 is 20.9 Å². The summed E-state index contributed by atoms with van der Waals surface area (Å²) in [7, 11) is 2.18. The van der Waals surface area contributed by atoms with Gasteiger partial charge in [0.15, 0.2) is 0 Å². The molecule has 1 saturated heterocycles. The minimum Gasteiger partial charge on any atom is -0.399 e. The molecule has 7 nitrogen and oxygen atoms in total. The first kappa shape index (κ1) is 22.6. The molecule has 0 spiro atoms. The number of aromatic nitrogens is 2. The zero-order valence-electron chi connectivity index (χ0n) is 20.8. The quantitative estimate of drug-likeness (QED) is 0.363. The lowest BCUT2D eigenvalue weighted by atomic mass is 10.0. The number of benzene rings is 3. The van der Waals surface area contributed by atoms with Crippen molar-refractivity contribution in [2.45, 2.75) is 19.3 Å². The second-order valence-corrected chi connectivity index (χ2v) is 10.2. The number of aryl methyl sites for hydroxylation is 1. The molecule has 1 saturated carbocycles. The van der Waals surface area contributed by atoms with Crippen LogP contribution in [0.4, 0.5) is 17.1 Å². The van der Waals surface area contributed by atoms with E-state index in [1.165, 1.54) is 11.3 Å². The van der Waals surface area contributed by atoms with Gasteiger partial charge in [-0.05, 0) is 73.8 Å². The number of rotatable bonds is 5. The lowest BCUT2D eigenvalue weighted by Gasteiger charge is -2.34. The molecule has 3 aromatic carbocycles. The Balaban J connectivity index is 1.15. The van der Waals surface area contributed by atoms with Gasteiger partial charge in [0.2, 0.25) is 5.91 Å². The van der Waals surface area contributed by atoms with E-state index in [2.05, 4.69) is 74.8 Å². The molecule has 1 aliphatic heterocycles. The Bertz CT molecular complexity index is 1420. The molecule has 1 amide bonds. The maximum Gasteiger partial charge on any atom is 0.228 e. The Morgan fingerprint density at radius 1 is 1.03 bits per heavy atom. The molecule has 0 unspecified atom stereocenters. The summed E-state index contributed by atoms with van der Waals surface area (Å²) in [5.41, 5.74) is 13.9. The summed E-state index contributed by atoms with van der Waals surface area (Å²) in [4.78, 5) is 17.6. The van der Waals surface area contributed by atoms with E-state index in [-0.39, 0.29) is 17.7 Å². The molecule has 184 valence electrons. The van der Waals surface area contributed by atoms with Crippen LogP contribution in [-0.2, 0) is 4.79 Å². The molecule has 6 rings (SSSR count). The predicted molar refractivity (Wildman–Crippen MR) is 146 cm³/mol. The third kappa shape index (κ3) is 4.31. The van der Waals surface area contributed by atoms with Crippen molar-refractivity contribution < 1.29 is 4.79 Å². The monoisotopic (exact) mass is 480 g/mol. The van der Waals surface area contributed by atoms with Crippen molar-refractivity contribution in [1.82, 2.24) is 15.1 Å². The van der Waals surface area contributed by atoms with Gasteiger partial charge in [0.05, 0.1) is 11.2 Å². The van der Waals surface area contributed by atoms with Crippen molar-refractivity contribution in [3.8, 4) is 11.3 Å². The van der Waals surface area contributed by atoms with E-state index in [0.717, 1.165) is 66.0 Å². The molecule has 2 fully saturated rings. The number of amides is 1. The van der Waals surface area contributed by atoms with E-state index in [0.29, 0.717) is 5.69 Å². The summed E-state index contributed by atoms with van der Waals surface area (Å²) >= 11 is 0. The van der Waals surface area contributed by atoms with Crippen LogP contribution in [0.2, 0.25) is 0 Å². The number of hydrogen-bond donors (Lipinski definition) is 3. The van der Waals surface area contributed by atoms with Gasteiger partial charge in [0, 0.05) is 60.1 Å². The number of anilines is 3. The summed E-state index contributed by atoms with van der Waals surface area (Å²) in [5.74, 6) is 0.292. The van der Waals surface area contributed by atoms with Crippen LogP contribution in [-0.4, -0.2) is 54.2 Å². The molecule has 1 aromatic heterocycles. The number of aromatic amines is 1. The van der Waals surface area contributed by atoms with Gasteiger partial charge in [-0.3, -0.25) is 9.89 Å². The maximum atomic E-state index is 12.8. The predicted octanol–water partition coefficient (Wildman–Crippen LogP) is 4.61. The number of piperazine rings is 1. The van der Waals surface area contributed by atoms with Crippen LogP contribution in [0.3, 0.4) is 0 Å². The van der Waals surface area contributed by atoms with Crippen LogP contribution < -0.4 is 16.0 Å². The summed E-state index contributed by atoms with van der Waals surface area (Å²) in [6.45, 7) is 6.27. The molecule has 2 heterocycles. The summed E-state index contributed by atoms with van der Waals surface area (Å²) < 4.78 is 0. The molecule has 2 aliphatic rings. The van der Waals surface area contributed by atoms with Crippen molar-refractivity contribution in [2.24, 2.45) is 5.92 Å². The lowest BCUT2D eigenvalue weighted by Crippen LogP contribution is -2.44. The molecule has 2 atom stereocenters. The normalized spacial score (nSPS) is 20.0. The fourth-order valence-corrected chi connectivity index (χ4v) is 5.29. The van der Waals surface area contributed by atoms with Crippen LogP contribution in [0, 0.1) is 12.8 Å². The number of carbonyl (C=O) groups excluding carboxylic acids is 1. The van der Waals surface area contributed by atoms with Crippen molar-refractivity contribution in [3.05, 3.63) is 71.8 Å². The molecule has 0 bridgehead atoms. The average Bonchev–Trinajstić information content (AvgIpc) is 3.58. The van der Waals surface area contributed by atoms with Gasteiger partial charge in [-0.1, -0.05) is 24.3 Å². The van der Waals surface area contributed by atoms with Gasteiger partial charge in [-0.2, -0.15) is 5.10 Å². The second-order valence-electron chi connectivity index (χ2n) is 10.2. The fraction of sp³-hybridized carbons (Fsp3) is 0.310. The Morgan fingerprint density at radius 2 is 1.81 bits per heavy atom. The Labute approximate surface area is 211 Å². The van der Waals surface area contributed by atoms with Gasteiger partial charge in [-0.25, -0.2) is 0 Å². The zero-order valence-corrected chi connectivity index (χ0v) is 20.8. The number of nitrogen functional groups attached to an aromatic ring is 1. The maximum absolute atomic E-state index is 12.8. The van der Waals surface area contributed by atoms with Crippen molar-refractivity contribution >= 4 is 33.9 Å².